The zero-order valence-electron chi connectivity index (χ0n) is 17.1. The van der Waals surface area contributed by atoms with E-state index in [0.717, 1.165) is 16.8 Å². The molecule has 4 aromatic rings. The molecule has 0 aliphatic heterocycles. The third kappa shape index (κ3) is 4.96. The van der Waals surface area contributed by atoms with E-state index in [2.05, 4.69) is 10.3 Å². The van der Waals surface area contributed by atoms with Gasteiger partial charge in [-0.05, 0) is 34.9 Å². The van der Waals surface area contributed by atoms with Gasteiger partial charge in [-0.15, -0.1) is 0 Å². The molecule has 0 saturated heterocycles. The molecule has 0 aliphatic rings. The van der Waals surface area contributed by atoms with Gasteiger partial charge < -0.3 is 9.88 Å². The topological polar surface area (TPSA) is 90.1 Å². The summed E-state index contributed by atoms with van der Waals surface area (Å²) >= 11 is 0. The molecule has 1 amide bonds. The smallest absolute Gasteiger partial charge is 0.270 e. The fourth-order valence-electron chi connectivity index (χ4n) is 3.27. The fourth-order valence-corrected chi connectivity index (χ4v) is 3.27. The number of nitro groups is 1. The molecule has 0 fully saturated rings. The fraction of sp³-hybridized carbons (Fsp3) is 0.0400. The highest BCUT2D eigenvalue weighted by molar-refractivity contribution is 6.24. The van der Waals surface area contributed by atoms with Crippen LogP contribution in [-0.2, 0) is 11.3 Å². The molecule has 0 bridgehead atoms. The van der Waals surface area contributed by atoms with Crippen LogP contribution in [-0.4, -0.2) is 20.4 Å². The molecule has 158 valence electrons. The zero-order valence-corrected chi connectivity index (χ0v) is 17.1. The van der Waals surface area contributed by atoms with Crippen molar-refractivity contribution in [3.8, 4) is 5.69 Å². The summed E-state index contributed by atoms with van der Waals surface area (Å²) in [6.07, 6.45) is 6.97. The van der Waals surface area contributed by atoms with E-state index < -0.39 is 4.92 Å². The van der Waals surface area contributed by atoms with Crippen molar-refractivity contribution in [1.29, 1.82) is 0 Å². The Balaban J connectivity index is 1.54. The molecule has 0 unspecified atom stereocenters. The largest absolute Gasteiger partial charge is 0.348 e. The van der Waals surface area contributed by atoms with Gasteiger partial charge in [-0.2, -0.15) is 0 Å². The summed E-state index contributed by atoms with van der Waals surface area (Å²) in [6.45, 7) is 0.349. The summed E-state index contributed by atoms with van der Waals surface area (Å²) in [7, 11) is 0. The molecule has 0 spiro atoms. The van der Waals surface area contributed by atoms with E-state index >= 15 is 0 Å². The molecular weight excluding hydrogens is 404 g/mol. The van der Waals surface area contributed by atoms with Crippen LogP contribution < -0.4 is 5.32 Å². The maximum atomic E-state index is 13.1. The molecule has 32 heavy (non-hydrogen) atoms. The second-order valence-electron chi connectivity index (χ2n) is 7.10. The number of nitro benzene ring substituents is 1. The van der Waals surface area contributed by atoms with E-state index in [-0.39, 0.29) is 11.6 Å². The Morgan fingerprint density at radius 2 is 1.81 bits per heavy atom. The number of imidazole rings is 1. The zero-order chi connectivity index (χ0) is 22.3. The van der Waals surface area contributed by atoms with Crippen molar-refractivity contribution in [3.63, 3.8) is 0 Å². The first-order valence-corrected chi connectivity index (χ1v) is 9.97. The van der Waals surface area contributed by atoms with Gasteiger partial charge in [0.1, 0.15) is 0 Å². The van der Waals surface area contributed by atoms with E-state index in [0.29, 0.717) is 17.7 Å². The Bertz CT molecular complexity index is 1250. The highest BCUT2D eigenvalue weighted by atomic mass is 16.6. The van der Waals surface area contributed by atoms with Crippen LogP contribution in [0.3, 0.4) is 0 Å². The third-order valence-corrected chi connectivity index (χ3v) is 4.91. The average molecular weight is 424 g/mol. The molecule has 0 atom stereocenters. The Labute approximate surface area is 184 Å². The van der Waals surface area contributed by atoms with Crippen LogP contribution in [0.4, 0.5) is 5.69 Å². The van der Waals surface area contributed by atoms with Crippen LogP contribution in [0, 0.1) is 10.1 Å². The Hall–Kier alpha value is -4.52. The van der Waals surface area contributed by atoms with E-state index in [1.54, 1.807) is 30.7 Å². The first-order chi connectivity index (χ1) is 15.6. The van der Waals surface area contributed by atoms with Gasteiger partial charge in [0.05, 0.1) is 11.3 Å². The standard InChI is InChI=1S/C25H20N4O3/c30-25(27-17-19-9-11-22(12-10-19)28-14-13-26-18-28)24(21-6-2-1-3-7-21)16-20-5-4-8-23(15-20)29(31)32/h1-16,18H,17H2,(H,27,30)/b24-16+. The lowest BCUT2D eigenvalue weighted by Gasteiger charge is -2.11. The van der Waals surface area contributed by atoms with Crippen LogP contribution >= 0.6 is 0 Å². The molecule has 0 saturated carbocycles. The number of carbonyl (C=O) groups excluding carboxylic acids is 1. The first-order valence-electron chi connectivity index (χ1n) is 9.97. The average Bonchev–Trinajstić information content (AvgIpc) is 3.37. The molecule has 0 aliphatic carbocycles. The van der Waals surface area contributed by atoms with Gasteiger partial charge in [0, 0.05) is 42.3 Å². The van der Waals surface area contributed by atoms with Crippen molar-refractivity contribution in [3.05, 3.63) is 124 Å². The monoisotopic (exact) mass is 424 g/mol. The number of carbonyl (C=O) groups is 1. The molecule has 4 rings (SSSR count). The normalized spacial score (nSPS) is 11.2. The van der Waals surface area contributed by atoms with Crippen molar-refractivity contribution in [2.45, 2.75) is 6.54 Å². The van der Waals surface area contributed by atoms with Gasteiger partial charge in [-0.3, -0.25) is 14.9 Å². The summed E-state index contributed by atoms with van der Waals surface area (Å²) in [4.78, 5) is 27.8. The summed E-state index contributed by atoms with van der Waals surface area (Å²) in [5, 5.41) is 14.1. The van der Waals surface area contributed by atoms with Crippen LogP contribution in [0.15, 0.2) is 97.6 Å². The minimum absolute atomic E-state index is 0.0236. The molecule has 0 radical (unpaired) electrons. The van der Waals surface area contributed by atoms with Gasteiger partial charge in [0.25, 0.3) is 11.6 Å². The van der Waals surface area contributed by atoms with Gasteiger partial charge in [0.2, 0.25) is 0 Å². The highest BCUT2D eigenvalue weighted by Gasteiger charge is 2.13. The molecular formula is C25H20N4O3. The number of benzene rings is 3. The maximum Gasteiger partial charge on any atom is 0.270 e. The lowest BCUT2D eigenvalue weighted by Crippen LogP contribution is -2.23. The van der Waals surface area contributed by atoms with E-state index in [9.17, 15) is 14.9 Å². The number of hydrogen-bond donors (Lipinski definition) is 1. The third-order valence-electron chi connectivity index (χ3n) is 4.91. The van der Waals surface area contributed by atoms with Crippen LogP contribution in [0.2, 0.25) is 0 Å². The van der Waals surface area contributed by atoms with Crippen molar-refractivity contribution in [2.24, 2.45) is 0 Å². The summed E-state index contributed by atoms with van der Waals surface area (Å²) < 4.78 is 1.90. The van der Waals surface area contributed by atoms with Gasteiger partial charge in [0.15, 0.2) is 0 Å². The number of aromatic nitrogens is 2. The van der Waals surface area contributed by atoms with Crippen molar-refractivity contribution >= 4 is 23.2 Å². The minimum atomic E-state index is -0.451. The lowest BCUT2D eigenvalue weighted by atomic mass is 10.0. The van der Waals surface area contributed by atoms with Gasteiger partial charge >= 0.3 is 0 Å². The Kier molecular flexibility index (Phi) is 6.17. The van der Waals surface area contributed by atoms with E-state index in [4.69, 9.17) is 0 Å². The number of nitrogens with one attached hydrogen (secondary N) is 1. The predicted molar refractivity (Wildman–Crippen MR) is 123 cm³/mol. The van der Waals surface area contributed by atoms with Gasteiger partial charge in [-0.1, -0.05) is 54.6 Å². The van der Waals surface area contributed by atoms with E-state index in [1.165, 1.54) is 12.1 Å². The Morgan fingerprint density at radius 1 is 1.03 bits per heavy atom. The predicted octanol–water partition coefficient (Wildman–Crippen LogP) is 4.64. The van der Waals surface area contributed by atoms with Crippen LogP contribution in [0.25, 0.3) is 17.3 Å². The second kappa shape index (κ2) is 9.53. The molecule has 1 N–H and O–H groups in total. The number of hydrogen-bond acceptors (Lipinski definition) is 4. The number of non-ortho nitro benzene ring substituents is 1. The van der Waals surface area contributed by atoms with Crippen molar-refractivity contribution in [2.75, 3.05) is 0 Å². The van der Waals surface area contributed by atoms with Crippen LogP contribution in [0.5, 0.6) is 0 Å². The number of nitrogens with zero attached hydrogens (tertiary/aromatic N) is 3. The van der Waals surface area contributed by atoms with Crippen LogP contribution in [0.1, 0.15) is 16.7 Å². The molecule has 1 heterocycles. The maximum absolute atomic E-state index is 13.1. The molecule has 1 aromatic heterocycles. The quantitative estimate of drug-likeness (QED) is 0.203. The Morgan fingerprint density at radius 3 is 2.50 bits per heavy atom. The number of rotatable bonds is 7. The first kappa shape index (κ1) is 20.7. The number of amides is 1. The summed E-state index contributed by atoms with van der Waals surface area (Å²) in [5.74, 6) is -0.263. The van der Waals surface area contributed by atoms with Gasteiger partial charge in [-0.25, -0.2) is 4.98 Å². The SMILES string of the molecule is O=C(NCc1ccc(-n2ccnc2)cc1)/C(=C/c1cccc([N+](=O)[O-])c1)c1ccccc1. The minimum Gasteiger partial charge on any atom is -0.348 e. The van der Waals surface area contributed by atoms with Crippen molar-refractivity contribution in [1.82, 2.24) is 14.9 Å². The molecule has 7 nitrogen and oxygen atoms in total. The molecule has 3 aromatic carbocycles. The van der Waals surface area contributed by atoms with E-state index in [1.807, 2.05) is 65.4 Å². The van der Waals surface area contributed by atoms with Crippen molar-refractivity contribution < 1.29 is 9.72 Å². The second-order valence-corrected chi connectivity index (χ2v) is 7.10. The molecule has 7 heteroatoms. The summed E-state index contributed by atoms with van der Waals surface area (Å²) in [5.41, 5.74) is 3.65. The lowest BCUT2D eigenvalue weighted by molar-refractivity contribution is -0.384. The summed E-state index contributed by atoms with van der Waals surface area (Å²) in [6, 6.07) is 23.3. The highest BCUT2D eigenvalue weighted by Crippen LogP contribution is 2.21.